The van der Waals surface area contributed by atoms with Gasteiger partial charge in [-0.3, -0.25) is 4.79 Å². The Morgan fingerprint density at radius 1 is 1.71 bits per heavy atom. The van der Waals surface area contributed by atoms with Gasteiger partial charge in [-0.15, -0.1) is 0 Å². The summed E-state index contributed by atoms with van der Waals surface area (Å²) in [5.41, 5.74) is 0. The van der Waals surface area contributed by atoms with E-state index in [9.17, 15) is 4.79 Å². The molecule has 1 fully saturated rings. The first-order chi connectivity index (χ1) is 6.77. The summed E-state index contributed by atoms with van der Waals surface area (Å²) in [6.07, 6.45) is 2.82. The van der Waals surface area contributed by atoms with Crippen molar-refractivity contribution in [2.24, 2.45) is 5.92 Å². The first-order valence-corrected chi connectivity index (χ1v) is 5.27. The van der Waals surface area contributed by atoms with Crippen molar-refractivity contribution >= 4 is 17.5 Å². The van der Waals surface area contributed by atoms with E-state index in [1.54, 1.807) is 0 Å². The third-order valence-electron chi connectivity index (χ3n) is 2.43. The molecule has 0 aromatic carbocycles. The molecule has 1 saturated heterocycles. The number of rotatable bonds is 2. The highest BCUT2D eigenvalue weighted by atomic mass is 32.1. The molecule has 1 aromatic heterocycles. The number of nitrogens with one attached hydrogen (secondary N) is 1. The molecule has 0 radical (unpaired) electrons. The first kappa shape index (κ1) is 9.54. The van der Waals surface area contributed by atoms with E-state index in [2.05, 4.69) is 14.7 Å². The zero-order valence-corrected chi connectivity index (χ0v) is 8.33. The van der Waals surface area contributed by atoms with Crippen LogP contribution in [-0.4, -0.2) is 27.0 Å². The topological polar surface area (TPSA) is 75.1 Å². The third kappa shape index (κ3) is 1.91. The van der Waals surface area contributed by atoms with E-state index in [-0.39, 0.29) is 12.0 Å². The molecule has 0 aliphatic carbocycles. The maximum Gasteiger partial charge on any atom is 0.306 e. The number of carboxylic acid groups (broad SMARTS) is 1. The standard InChI is InChI=1S/C8H11N3O2S/c12-8(13)5-1-2-9-6(3-5)7-10-4-11-14-7/h4-6,9H,1-3H2,(H,12,13). The molecule has 2 atom stereocenters. The monoisotopic (exact) mass is 213 g/mol. The van der Waals surface area contributed by atoms with Crippen LogP contribution in [0.15, 0.2) is 6.33 Å². The highest BCUT2D eigenvalue weighted by molar-refractivity contribution is 7.05. The number of nitrogens with zero attached hydrogens (tertiary/aromatic N) is 2. The molecule has 2 N–H and O–H groups in total. The van der Waals surface area contributed by atoms with E-state index in [4.69, 9.17) is 5.11 Å². The third-order valence-corrected chi connectivity index (χ3v) is 3.21. The van der Waals surface area contributed by atoms with Crippen molar-refractivity contribution < 1.29 is 9.90 Å². The van der Waals surface area contributed by atoms with Crippen LogP contribution < -0.4 is 5.32 Å². The van der Waals surface area contributed by atoms with E-state index in [0.29, 0.717) is 12.8 Å². The van der Waals surface area contributed by atoms with Crippen LogP contribution in [0.1, 0.15) is 23.9 Å². The molecule has 1 aliphatic heterocycles. The Bertz CT molecular complexity index is 314. The lowest BCUT2D eigenvalue weighted by molar-refractivity contribution is -0.143. The average molecular weight is 213 g/mol. The van der Waals surface area contributed by atoms with E-state index in [1.165, 1.54) is 17.9 Å². The Hall–Kier alpha value is -1.01. The van der Waals surface area contributed by atoms with Crippen LogP contribution >= 0.6 is 11.5 Å². The van der Waals surface area contributed by atoms with Crippen molar-refractivity contribution in [3.63, 3.8) is 0 Å². The van der Waals surface area contributed by atoms with Crippen molar-refractivity contribution in [2.75, 3.05) is 6.54 Å². The van der Waals surface area contributed by atoms with E-state index in [0.717, 1.165) is 11.6 Å². The molecular formula is C8H11N3O2S. The summed E-state index contributed by atoms with van der Waals surface area (Å²) in [5.74, 6) is -0.953. The van der Waals surface area contributed by atoms with Crippen LogP contribution in [0, 0.1) is 5.92 Å². The van der Waals surface area contributed by atoms with Gasteiger partial charge in [0.25, 0.3) is 0 Å². The second-order valence-electron chi connectivity index (χ2n) is 3.35. The lowest BCUT2D eigenvalue weighted by atomic mass is 9.93. The minimum Gasteiger partial charge on any atom is -0.481 e. The van der Waals surface area contributed by atoms with E-state index >= 15 is 0 Å². The second kappa shape index (κ2) is 4.02. The molecule has 2 heterocycles. The number of carboxylic acids is 1. The van der Waals surface area contributed by atoms with Gasteiger partial charge in [0.2, 0.25) is 0 Å². The Balaban J connectivity index is 2.04. The molecule has 6 heteroatoms. The normalized spacial score (nSPS) is 27.4. The Morgan fingerprint density at radius 2 is 2.57 bits per heavy atom. The van der Waals surface area contributed by atoms with Crippen molar-refractivity contribution in [3.8, 4) is 0 Å². The minimum absolute atomic E-state index is 0.0670. The molecule has 0 amide bonds. The van der Waals surface area contributed by atoms with Gasteiger partial charge in [0.1, 0.15) is 11.3 Å². The number of hydrogen-bond acceptors (Lipinski definition) is 5. The number of aromatic nitrogens is 2. The molecule has 0 saturated carbocycles. The van der Waals surface area contributed by atoms with Crippen LogP contribution in [-0.2, 0) is 4.79 Å². The molecular weight excluding hydrogens is 202 g/mol. The Morgan fingerprint density at radius 3 is 3.21 bits per heavy atom. The van der Waals surface area contributed by atoms with Crippen LogP contribution in [0.25, 0.3) is 0 Å². The molecule has 14 heavy (non-hydrogen) atoms. The lowest BCUT2D eigenvalue weighted by Crippen LogP contribution is -2.34. The van der Waals surface area contributed by atoms with Crippen molar-refractivity contribution in [1.82, 2.24) is 14.7 Å². The number of hydrogen-bond donors (Lipinski definition) is 2. The van der Waals surface area contributed by atoms with Gasteiger partial charge in [0.05, 0.1) is 12.0 Å². The average Bonchev–Trinajstić information content (AvgIpc) is 2.71. The maximum atomic E-state index is 10.8. The van der Waals surface area contributed by atoms with Gasteiger partial charge in [0.15, 0.2) is 0 Å². The van der Waals surface area contributed by atoms with Gasteiger partial charge < -0.3 is 10.4 Å². The van der Waals surface area contributed by atoms with Crippen LogP contribution in [0.3, 0.4) is 0 Å². The van der Waals surface area contributed by atoms with E-state index < -0.39 is 5.97 Å². The number of aliphatic carboxylic acids is 1. The maximum absolute atomic E-state index is 10.8. The predicted octanol–water partition coefficient (Wildman–Crippen LogP) is 0.663. The van der Waals surface area contributed by atoms with Crippen molar-refractivity contribution in [3.05, 3.63) is 11.3 Å². The minimum atomic E-state index is -0.707. The van der Waals surface area contributed by atoms with Crippen LogP contribution in [0.4, 0.5) is 0 Å². The summed E-state index contributed by atoms with van der Waals surface area (Å²) in [6.45, 7) is 0.737. The van der Waals surface area contributed by atoms with Crippen LogP contribution in [0.5, 0.6) is 0 Å². The van der Waals surface area contributed by atoms with Gasteiger partial charge >= 0.3 is 5.97 Å². The highest BCUT2D eigenvalue weighted by Crippen LogP contribution is 2.27. The van der Waals surface area contributed by atoms with Crippen molar-refractivity contribution in [2.45, 2.75) is 18.9 Å². The Labute approximate surface area is 85.3 Å². The number of piperidine rings is 1. The quantitative estimate of drug-likeness (QED) is 0.755. The summed E-state index contributed by atoms with van der Waals surface area (Å²) in [5, 5.41) is 13.0. The largest absolute Gasteiger partial charge is 0.481 e. The molecule has 0 bridgehead atoms. The molecule has 5 nitrogen and oxygen atoms in total. The van der Waals surface area contributed by atoms with Gasteiger partial charge in [-0.05, 0) is 30.9 Å². The summed E-state index contributed by atoms with van der Waals surface area (Å²) in [7, 11) is 0. The molecule has 1 aromatic rings. The van der Waals surface area contributed by atoms with Gasteiger partial charge in [-0.1, -0.05) is 0 Å². The SMILES string of the molecule is O=C(O)C1CCNC(c2ncns2)C1. The fourth-order valence-electron chi connectivity index (χ4n) is 1.67. The first-order valence-electron chi connectivity index (χ1n) is 4.50. The van der Waals surface area contributed by atoms with Gasteiger partial charge in [-0.25, -0.2) is 4.98 Å². The highest BCUT2D eigenvalue weighted by Gasteiger charge is 2.28. The van der Waals surface area contributed by atoms with Gasteiger partial charge in [0, 0.05) is 0 Å². The molecule has 76 valence electrons. The lowest BCUT2D eigenvalue weighted by Gasteiger charge is -2.26. The fourth-order valence-corrected chi connectivity index (χ4v) is 2.27. The Kier molecular flexibility index (Phi) is 2.74. The zero-order valence-electron chi connectivity index (χ0n) is 7.51. The summed E-state index contributed by atoms with van der Waals surface area (Å²) in [6, 6.07) is 0.0670. The summed E-state index contributed by atoms with van der Waals surface area (Å²) < 4.78 is 3.91. The van der Waals surface area contributed by atoms with Gasteiger partial charge in [-0.2, -0.15) is 4.37 Å². The summed E-state index contributed by atoms with van der Waals surface area (Å²) >= 11 is 1.33. The van der Waals surface area contributed by atoms with Crippen molar-refractivity contribution in [1.29, 1.82) is 0 Å². The molecule has 2 rings (SSSR count). The number of carbonyl (C=O) groups is 1. The molecule has 1 aliphatic rings. The summed E-state index contributed by atoms with van der Waals surface area (Å²) in [4.78, 5) is 14.9. The smallest absolute Gasteiger partial charge is 0.306 e. The fraction of sp³-hybridized carbons (Fsp3) is 0.625. The molecule has 0 spiro atoms. The second-order valence-corrected chi connectivity index (χ2v) is 4.16. The van der Waals surface area contributed by atoms with E-state index in [1.807, 2.05) is 0 Å². The zero-order chi connectivity index (χ0) is 9.97. The molecule has 2 unspecified atom stereocenters. The van der Waals surface area contributed by atoms with Crippen LogP contribution in [0.2, 0.25) is 0 Å². The predicted molar refractivity (Wildman–Crippen MR) is 51.0 cm³/mol.